The lowest BCUT2D eigenvalue weighted by Gasteiger charge is -2.32. The Morgan fingerprint density at radius 2 is 2.12 bits per heavy atom. The fourth-order valence-corrected chi connectivity index (χ4v) is 2.71. The topological polar surface area (TPSA) is 89.8 Å². The van der Waals surface area contributed by atoms with Crippen LogP contribution in [0.15, 0.2) is 0 Å². The van der Waals surface area contributed by atoms with E-state index in [1.165, 1.54) is 0 Å². The summed E-state index contributed by atoms with van der Waals surface area (Å²) in [6, 6.07) is -0.936. The molecule has 0 spiro atoms. The maximum Gasteiger partial charge on any atom is 0.321 e. The average Bonchev–Trinajstić information content (AvgIpc) is 2.43. The Morgan fingerprint density at radius 3 is 2.59 bits per heavy atom. The summed E-state index contributed by atoms with van der Waals surface area (Å²) in [7, 11) is 0. The summed E-state index contributed by atoms with van der Waals surface area (Å²) in [4.78, 5) is 11.2. The molecule has 17 heavy (non-hydrogen) atoms. The van der Waals surface area contributed by atoms with Crippen molar-refractivity contribution in [1.82, 2.24) is 5.32 Å². The quantitative estimate of drug-likeness (QED) is 0.517. The van der Waals surface area contributed by atoms with Crippen molar-refractivity contribution in [3.05, 3.63) is 0 Å². The van der Waals surface area contributed by atoms with Gasteiger partial charge in [-0.05, 0) is 19.7 Å². The highest BCUT2D eigenvalue weighted by molar-refractivity contribution is 6.48. The highest BCUT2D eigenvalue weighted by atomic mass is 16.4. The number of hydrogen-bond acceptors (Lipinski definition) is 4. The first-order chi connectivity index (χ1) is 7.79. The van der Waals surface area contributed by atoms with Gasteiger partial charge in [0.2, 0.25) is 0 Å². The van der Waals surface area contributed by atoms with Crippen LogP contribution in [0.2, 0.25) is 13.1 Å². The molecule has 0 aromatic carbocycles. The van der Waals surface area contributed by atoms with Crippen molar-refractivity contribution in [2.24, 2.45) is 5.41 Å². The molecule has 6 heteroatoms. The summed E-state index contributed by atoms with van der Waals surface area (Å²) in [6.45, 7) is 4.92. The average molecular weight is 243 g/mol. The molecule has 1 heterocycles. The molecular formula is C11H22BNO4. The SMILES string of the molecule is CB(O)CCCC1(C)C(C(=O)O)NC(C)C1O. The van der Waals surface area contributed by atoms with Crippen LogP contribution >= 0.6 is 0 Å². The molecule has 0 saturated carbocycles. The van der Waals surface area contributed by atoms with E-state index in [1.54, 1.807) is 20.7 Å². The first-order valence-corrected chi connectivity index (χ1v) is 6.14. The molecule has 0 radical (unpaired) electrons. The third-order valence-electron chi connectivity index (χ3n) is 3.82. The molecule has 4 unspecified atom stereocenters. The van der Waals surface area contributed by atoms with Gasteiger partial charge in [0, 0.05) is 11.5 Å². The minimum atomic E-state index is -0.923. The Kier molecular flexibility index (Phi) is 4.58. The molecule has 0 aromatic heterocycles. The van der Waals surface area contributed by atoms with E-state index in [4.69, 9.17) is 5.11 Å². The van der Waals surface area contributed by atoms with Crippen molar-refractivity contribution in [3.8, 4) is 0 Å². The molecule has 1 aliphatic heterocycles. The second-order valence-electron chi connectivity index (χ2n) is 5.42. The van der Waals surface area contributed by atoms with Crippen LogP contribution in [0.1, 0.15) is 26.7 Å². The molecule has 1 saturated heterocycles. The van der Waals surface area contributed by atoms with E-state index in [0.29, 0.717) is 19.2 Å². The van der Waals surface area contributed by atoms with Crippen molar-refractivity contribution >= 4 is 12.9 Å². The number of rotatable bonds is 5. The highest BCUT2D eigenvalue weighted by Gasteiger charge is 2.52. The Balaban J connectivity index is 2.70. The molecule has 4 N–H and O–H groups in total. The van der Waals surface area contributed by atoms with Gasteiger partial charge in [-0.15, -0.1) is 0 Å². The molecule has 5 nitrogen and oxygen atoms in total. The van der Waals surface area contributed by atoms with Gasteiger partial charge in [-0.3, -0.25) is 10.1 Å². The normalized spacial score (nSPS) is 37.1. The van der Waals surface area contributed by atoms with E-state index in [2.05, 4.69) is 5.32 Å². The molecule has 1 aliphatic rings. The molecule has 0 aliphatic carbocycles. The predicted octanol–water partition coefficient (Wildman–Crippen LogP) is 0.192. The second-order valence-corrected chi connectivity index (χ2v) is 5.42. The molecule has 1 fully saturated rings. The van der Waals surface area contributed by atoms with E-state index in [-0.39, 0.29) is 13.0 Å². The monoisotopic (exact) mass is 243 g/mol. The summed E-state index contributed by atoms with van der Waals surface area (Å²) < 4.78 is 0. The standard InChI is InChI=1S/C11H22BNO4/c1-7-9(14)11(2,5-4-6-12(3)17)8(13-7)10(15)16/h7-9,13-14,17H,4-6H2,1-3H3,(H,15,16). The van der Waals surface area contributed by atoms with Gasteiger partial charge in [0.25, 0.3) is 6.92 Å². The zero-order chi connectivity index (χ0) is 13.2. The zero-order valence-corrected chi connectivity index (χ0v) is 10.7. The van der Waals surface area contributed by atoms with Gasteiger partial charge in [-0.25, -0.2) is 0 Å². The Morgan fingerprint density at radius 1 is 1.53 bits per heavy atom. The molecule has 0 amide bonds. The molecular weight excluding hydrogens is 221 g/mol. The van der Waals surface area contributed by atoms with Gasteiger partial charge in [-0.1, -0.05) is 20.2 Å². The number of aliphatic hydroxyl groups is 1. The van der Waals surface area contributed by atoms with Crippen LogP contribution in [0.5, 0.6) is 0 Å². The van der Waals surface area contributed by atoms with E-state index in [1.807, 2.05) is 0 Å². The third kappa shape index (κ3) is 3.00. The number of carboxylic acid groups (broad SMARTS) is 1. The zero-order valence-electron chi connectivity index (χ0n) is 10.7. The van der Waals surface area contributed by atoms with Crippen molar-refractivity contribution in [2.45, 2.75) is 58.0 Å². The van der Waals surface area contributed by atoms with Crippen LogP contribution in [-0.2, 0) is 4.79 Å². The molecule has 4 atom stereocenters. The Hall–Kier alpha value is -0.585. The van der Waals surface area contributed by atoms with Gasteiger partial charge >= 0.3 is 5.97 Å². The maximum absolute atomic E-state index is 11.2. The van der Waals surface area contributed by atoms with E-state index < -0.39 is 23.5 Å². The maximum atomic E-state index is 11.2. The summed E-state index contributed by atoms with van der Waals surface area (Å²) in [6.07, 6.45) is 1.26. The number of aliphatic carboxylic acids is 1. The van der Waals surface area contributed by atoms with E-state index >= 15 is 0 Å². The number of nitrogens with one attached hydrogen (secondary N) is 1. The second kappa shape index (κ2) is 5.37. The number of carbonyl (C=O) groups is 1. The van der Waals surface area contributed by atoms with Crippen LogP contribution < -0.4 is 5.32 Å². The molecule has 0 bridgehead atoms. The fraction of sp³-hybridized carbons (Fsp3) is 0.909. The number of hydrogen-bond donors (Lipinski definition) is 4. The molecule has 98 valence electrons. The first-order valence-electron chi connectivity index (χ1n) is 6.14. The van der Waals surface area contributed by atoms with Gasteiger partial charge in [0.15, 0.2) is 0 Å². The van der Waals surface area contributed by atoms with Gasteiger partial charge in [0.05, 0.1) is 6.10 Å². The lowest BCUT2D eigenvalue weighted by Crippen LogP contribution is -2.44. The lowest BCUT2D eigenvalue weighted by atomic mass is 9.64. The van der Waals surface area contributed by atoms with Crippen molar-refractivity contribution in [2.75, 3.05) is 0 Å². The van der Waals surface area contributed by atoms with Crippen LogP contribution in [0, 0.1) is 5.41 Å². The molecule has 1 rings (SSSR count). The smallest absolute Gasteiger partial charge is 0.321 e. The predicted molar refractivity (Wildman–Crippen MR) is 66.0 cm³/mol. The minimum Gasteiger partial charge on any atom is -0.480 e. The summed E-state index contributed by atoms with van der Waals surface area (Å²) in [5, 5.41) is 31.4. The fourth-order valence-electron chi connectivity index (χ4n) is 2.71. The van der Waals surface area contributed by atoms with Gasteiger partial charge in [0.1, 0.15) is 6.04 Å². The third-order valence-corrected chi connectivity index (χ3v) is 3.82. The summed E-state index contributed by atoms with van der Waals surface area (Å²) in [5.74, 6) is -0.923. The van der Waals surface area contributed by atoms with Crippen molar-refractivity contribution < 1.29 is 20.0 Å². The summed E-state index contributed by atoms with van der Waals surface area (Å²) in [5.41, 5.74) is -0.667. The lowest BCUT2D eigenvalue weighted by molar-refractivity contribution is -0.143. The van der Waals surface area contributed by atoms with Crippen molar-refractivity contribution in [1.29, 1.82) is 0 Å². The first kappa shape index (κ1) is 14.5. The van der Waals surface area contributed by atoms with Crippen LogP contribution in [-0.4, -0.2) is 46.3 Å². The van der Waals surface area contributed by atoms with E-state index in [9.17, 15) is 14.9 Å². The van der Waals surface area contributed by atoms with Crippen molar-refractivity contribution in [3.63, 3.8) is 0 Å². The largest absolute Gasteiger partial charge is 0.480 e. The minimum absolute atomic E-state index is 0.215. The Bertz CT molecular complexity index is 287. The van der Waals surface area contributed by atoms with Gasteiger partial charge < -0.3 is 15.2 Å². The highest BCUT2D eigenvalue weighted by Crippen LogP contribution is 2.39. The van der Waals surface area contributed by atoms with Gasteiger partial charge in [-0.2, -0.15) is 0 Å². The summed E-state index contributed by atoms with van der Waals surface area (Å²) >= 11 is 0. The number of aliphatic hydroxyl groups excluding tert-OH is 1. The van der Waals surface area contributed by atoms with E-state index in [0.717, 1.165) is 0 Å². The van der Waals surface area contributed by atoms with Crippen LogP contribution in [0.25, 0.3) is 0 Å². The number of carboxylic acids is 1. The Labute approximate surface area is 102 Å². The molecule has 0 aromatic rings. The van der Waals surface area contributed by atoms with Crippen LogP contribution in [0.3, 0.4) is 0 Å². The van der Waals surface area contributed by atoms with Crippen LogP contribution in [0.4, 0.5) is 0 Å².